The van der Waals surface area contributed by atoms with E-state index in [1.54, 1.807) is 13.1 Å². The predicted octanol–water partition coefficient (Wildman–Crippen LogP) is 2.64. The van der Waals surface area contributed by atoms with Crippen LogP contribution in [-0.2, 0) is 26.0 Å². The van der Waals surface area contributed by atoms with Gasteiger partial charge in [0.2, 0.25) is 28.6 Å². The number of carbonyl (C=O) groups is 2. The Morgan fingerprint density at radius 2 is 1.70 bits per heavy atom. The summed E-state index contributed by atoms with van der Waals surface area (Å²) >= 11 is 0. The lowest BCUT2D eigenvalue weighted by atomic mass is 9.88. The lowest BCUT2D eigenvalue weighted by Gasteiger charge is -2.40. The average molecular weight is 619 g/mol. The Bertz CT molecular complexity index is 1330. The summed E-state index contributed by atoms with van der Waals surface area (Å²) in [7, 11) is -2.43. The standard InChI is InChI=1S/C31H46N4O7S/c1-23(2)20-35(43(39,40)25-11-12-26-27(17-25)42-22-41-26)31(38,18-24-9-7-6-8-10-24)14-16-33-29(37)19-30(3,4)21-34-28(36)13-15-32-5/h6-12,17,23,32,38H,13-16,18-22H2,1-5H3,(H,33,37)(H,34,36). The van der Waals surface area contributed by atoms with Crippen molar-refractivity contribution in [2.75, 3.05) is 40.0 Å². The highest BCUT2D eigenvalue weighted by molar-refractivity contribution is 7.89. The second kappa shape index (κ2) is 15.0. The van der Waals surface area contributed by atoms with Gasteiger partial charge in [-0.25, -0.2) is 8.42 Å². The Morgan fingerprint density at radius 1 is 1.00 bits per heavy atom. The van der Waals surface area contributed by atoms with E-state index >= 15 is 0 Å². The first-order valence-electron chi connectivity index (χ1n) is 14.6. The van der Waals surface area contributed by atoms with E-state index in [2.05, 4.69) is 16.0 Å². The first kappa shape index (κ1) is 34.3. The second-order valence-corrected chi connectivity index (χ2v) is 14.0. The molecule has 1 heterocycles. The van der Waals surface area contributed by atoms with E-state index in [0.717, 1.165) is 9.87 Å². The molecule has 3 rings (SSSR count). The van der Waals surface area contributed by atoms with Gasteiger partial charge in [-0.2, -0.15) is 4.31 Å². The summed E-state index contributed by atoms with van der Waals surface area (Å²) in [5.74, 6) is 0.320. The molecule has 4 N–H and O–H groups in total. The minimum atomic E-state index is -4.21. The number of amides is 2. The van der Waals surface area contributed by atoms with Crippen molar-refractivity contribution in [3.63, 3.8) is 0 Å². The molecule has 2 aromatic rings. The minimum Gasteiger partial charge on any atom is -0.454 e. The maximum absolute atomic E-state index is 14.1. The maximum Gasteiger partial charge on any atom is 0.245 e. The van der Waals surface area contributed by atoms with Crippen LogP contribution in [0.25, 0.3) is 0 Å². The van der Waals surface area contributed by atoms with Crippen LogP contribution < -0.4 is 25.4 Å². The zero-order valence-corrected chi connectivity index (χ0v) is 26.6. The van der Waals surface area contributed by atoms with Crippen molar-refractivity contribution < 1.29 is 32.6 Å². The lowest BCUT2D eigenvalue weighted by Crippen LogP contribution is -2.55. The Hall–Kier alpha value is -3.19. The molecule has 43 heavy (non-hydrogen) atoms. The van der Waals surface area contributed by atoms with Crippen LogP contribution in [0.5, 0.6) is 11.5 Å². The number of nitrogens with zero attached hydrogens (tertiary/aromatic N) is 1. The van der Waals surface area contributed by atoms with E-state index in [1.807, 2.05) is 58.0 Å². The van der Waals surface area contributed by atoms with Crippen LogP contribution in [0.3, 0.4) is 0 Å². The van der Waals surface area contributed by atoms with Gasteiger partial charge in [-0.15, -0.1) is 0 Å². The van der Waals surface area contributed by atoms with Gasteiger partial charge < -0.3 is 30.5 Å². The van der Waals surface area contributed by atoms with E-state index in [4.69, 9.17) is 9.47 Å². The maximum atomic E-state index is 14.1. The van der Waals surface area contributed by atoms with Crippen LogP contribution in [0.1, 0.15) is 52.5 Å². The Balaban J connectivity index is 1.79. The molecule has 1 aliphatic rings. The number of hydrogen-bond donors (Lipinski definition) is 4. The molecule has 11 nitrogen and oxygen atoms in total. The van der Waals surface area contributed by atoms with Crippen molar-refractivity contribution >= 4 is 21.8 Å². The second-order valence-electron chi connectivity index (χ2n) is 12.2. The molecule has 0 fully saturated rings. The Morgan fingerprint density at radius 3 is 2.37 bits per heavy atom. The molecule has 0 aliphatic carbocycles. The highest BCUT2D eigenvalue weighted by atomic mass is 32.2. The third-order valence-corrected chi connectivity index (χ3v) is 9.03. The van der Waals surface area contributed by atoms with Crippen LogP contribution >= 0.6 is 0 Å². The normalized spacial score (nSPS) is 14.5. The number of hydrogen-bond acceptors (Lipinski definition) is 8. The summed E-state index contributed by atoms with van der Waals surface area (Å²) in [6, 6.07) is 13.6. The van der Waals surface area contributed by atoms with Crippen molar-refractivity contribution in [3.8, 4) is 11.5 Å². The number of nitrogens with one attached hydrogen (secondary N) is 3. The smallest absolute Gasteiger partial charge is 0.245 e. The molecule has 1 atom stereocenters. The number of fused-ring (bicyclic) bond motifs is 1. The average Bonchev–Trinajstić information content (AvgIpc) is 3.42. The third kappa shape index (κ3) is 9.92. The Labute approximate surface area is 255 Å². The van der Waals surface area contributed by atoms with E-state index in [9.17, 15) is 23.1 Å². The molecule has 0 bridgehead atoms. The van der Waals surface area contributed by atoms with Crippen LogP contribution in [0.15, 0.2) is 53.4 Å². The van der Waals surface area contributed by atoms with Crippen molar-refractivity contribution in [2.45, 2.75) is 64.0 Å². The first-order valence-corrected chi connectivity index (χ1v) is 16.1. The van der Waals surface area contributed by atoms with E-state index in [1.165, 1.54) is 12.1 Å². The number of carbonyl (C=O) groups excluding carboxylic acids is 2. The van der Waals surface area contributed by atoms with Crippen molar-refractivity contribution in [1.29, 1.82) is 0 Å². The summed E-state index contributed by atoms with van der Waals surface area (Å²) in [6.07, 6.45) is 0.456. The molecule has 2 aromatic carbocycles. The number of sulfonamides is 1. The predicted molar refractivity (Wildman–Crippen MR) is 164 cm³/mol. The van der Waals surface area contributed by atoms with Gasteiger partial charge in [0, 0.05) is 57.9 Å². The summed E-state index contributed by atoms with van der Waals surface area (Å²) in [5.41, 5.74) is -1.61. The van der Waals surface area contributed by atoms with Gasteiger partial charge in [0.25, 0.3) is 0 Å². The lowest BCUT2D eigenvalue weighted by molar-refractivity contribution is -0.125. The molecule has 1 unspecified atom stereocenters. The molecule has 0 saturated carbocycles. The van der Waals surface area contributed by atoms with Gasteiger partial charge in [0.05, 0.1) is 4.90 Å². The molecule has 1 aliphatic heterocycles. The molecule has 0 saturated heterocycles. The fourth-order valence-electron chi connectivity index (χ4n) is 4.84. The Kier molecular flexibility index (Phi) is 12.0. The number of benzene rings is 2. The molecule has 12 heteroatoms. The topological polar surface area (TPSA) is 146 Å². The van der Waals surface area contributed by atoms with Gasteiger partial charge in [-0.1, -0.05) is 58.0 Å². The minimum absolute atomic E-state index is 0.00565. The van der Waals surface area contributed by atoms with Gasteiger partial charge >= 0.3 is 0 Å². The molecule has 238 valence electrons. The fraction of sp³-hybridized carbons (Fsp3) is 0.548. The zero-order chi connectivity index (χ0) is 31.7. The third-order valence-electron chi connectivity index (χ3n) is 7.11. The summed E-state index contributed by atoms with van der Waals surface area (Å²) in [6.45, 7) is 8.53. The van der Waals surface area contributed by atoms with Crippen LogP contribution in [0.2, 0.25) is 0 Å². The van der Waals surface area contributed by atoms with Gasteiger partial charge in [-0.3, -0.25) is 9.59 Å². The van der Waals surface area contributed by atoms with Gasteiger partial charge in [-0.05, 0) is 36.1 Å². The monoisotopic (exact) mass is 618 g/mol. The number of rotatable bonds is 17. The van der Waals surface area contributed by atoms with Crippen molar-refractivity contribution in [2.24, 2.45) is 11.3 Å². The highest BCUT2D eigenvalue weighted by Gasteiger charge is 2.43. The zero-order valence-electron chi connectivity index (χ0n) is 25.8. The van der Waals surface area contributed by atoms with Crippen LogP contribution in [0.4, 0.5) is 0 Å². The number of ether oxygens (including phenoxy) is 2. The molecule has 0 aromatic heterocycles. The molecule has 0 spiro atoms. The first-order chi connectivity index (χ1) is 20.3. The SMILES string of the molecule is CNCCC(=O)NCC(C)(C)CC(=O)NCCC(O)(Cc1ccccc1)N(CC(C)C)S(=O)(=O)c1ccc2c(c1)OCO2. The van der Waals surface area contributed by atoms with E-state index < -0.39 is 21.2 Å². The fourth-order valence-corrected chi connectivity index (χ4v) is 6.69. The quantitative estimate of drug-likeness (QED) is 0.198. The largest absolute Gasteiger partial charge is 0.454 e. The highest BCUT2D eigenvalue weighted by Crippen LogP contribution is 2.37. The van der Waals surface area contributed by atoms with Crippen molar-refractivity contribution in [3.05, 3.63) is 54.1 Å². The van der Waals surface area contributed by atoms with E-state index in [-0.39, 0.29) is 61.8 Å². The molecular weight excluding hydrogens is 572 g/mol. The van der Waals surface area contributed by atoms with Crippen LogP contribution in [0, 0.1) is 11.3 Å². The van der Waals surface area contributed by atoms with E-state index in [0.29, 0.717) is 31.0 Å². The molecule has 2 amide bonds. The molecular formula is C31H46N4O7S. The molecule has 0 radical (unpaired) electrons. The van der Waals surface area contributed by atoms with Gasteiger partial charge in [0.15, 0.2) is 11.5 Å². The summed E-state index contributed by atoms with van der Waals surface area (Å²) in [4.78, 5) is 24.9. The summed E-state index contributed by atoms with van der Waals surface area (Å²) in [5, 5.41) is 20.9. The van der Waals surface area contributed by atoms with Gasteiger partial charge in [0.1, 0.15) is 5.72 Å². The van der Waals surface area contributed by atoms with Crippen LogP contribution in [-0.4, -0.2) is 75.4 Å². The summed E-state index contributed by atoms with van der Waals surface area (Å²) < 4.78 is 40.2. The van der Waals surface area contributed by atoms with Crippen molar-refractivity contribution in [1.82, 2.24) is 20.3 Å². The number of aliphatic hydroxyl groups is 1.